The molecule has 0 amide bonds. The van der Waals surface area contributed by atoms with Gasteiger partial charge in [0.15, 0.2) is 0 Å². The van der Waals surface area contributed by atoms with Crippen molar-refractivity contribution in [2.45, 2.75) is 12.2 Å². The molecule has 1 unspecified atom stereocenters. The van der Waals surface area contributed by atoms with Crippen LogP contribution in [0.3, 0.4) is 0 Å². The average Bonchev–Trinajstić information content (AvgIpc) is 2.17. The quantitative estimate of drug-likeness (QED) is 0.559. The Bertz CT molecular complexity index is 374. The molecular formula is C9H6ClF3N2. The van der Waals surface area contributed by atoms with E-state index in [9.17, 15) is 13.2 Å². The van der Waals surface area contributed by atoms with Crippen LogP contribution in [-0.2, 0) is 0 Å². The van der Waals surface area contributed by atoms with Crippen molar-refractivity contribution >= 4 is 11.8 Å². The molecule has 1 atom stereocenters. The van der Waals surface area contributed by atoms with Crippen LogP contribution in [0.25, 0.3) is 0 Å². The van der Waals surface area contributed by atoms with Crippen LogP contribution in [0, 0.1) is 11.3 Å². The van der Waals surface area contributed by atoms with E-state index >= 15 is 0 Å². The number of halogens is 4. The molecule has 0 saturated carbocycles. The van der Waals surface area contributed by atoms with E-state index in [-0.39, 0.29) is 5.57 Å². The molecular weight excluding hydrogens is 229 g/mol. The SMILES string of the molecule is N#CC=C1C=C(C(F)(F)F)C=CC1NCl. The fourth-order valence-corrected chi connectivity index (χ4v) is 1.31. The van der Waals surface area contributed by atoms with Gasteiger partial charge in [-0.25, -0.2) is 4.84 Å². The standard InChI is InChI=1S/C9H6ClF3N2/c10-15-8-2-1-7(9(11,12)13)5-6(8)3-4-14/h1-3,5,8,15H. The summed E-state index contributed by atoms with van der Waals surface area (Å²) in [5, 5.41) is 8.39. The van der Waals surface area contributed by atoms with Crippen molar-refractivity contribution in [2.75, 3.05) is 0 Å². The lowest BCUT2D eigenvalue weighted by molar-refractivity contribution is -0.0883. The molecule has 0 radical (unpaired) electrons. The molecule has 0 aromatic rings. The van der Waals surface area contributed by atoms with Crippen molar-refractivity contribution in [3.63, 3.8) is 0 Å². The Morgan fingerprint density at radius 3 is 2.67 bits per heavy atom. The molecule has 2 nitrogen and oxygen atoms in total. The van der Waals surface area contributed by atoms with E-state index in [1.165, 1.54) is 6.08 Å². The van der Waals surface area contributed by atoms with Gasteiger partial charge in [-0.2, -0.15) is 18.4 Å². The van der Waals surface area contributed by atoms with Gasteiger partial charge in [-0.15, -0.1) is 0 Å². The highest BCUT2D eigenvalue weighted by Crippen LogP contribution is 2.31. The summed E-state index contributed by atoms with van der Waals surface area (Å²) in [4.78, 5) is 2.26. The first-order valence-electron chi connectivity index (χ1n) is 3.92. The minimum absolute atomic E-state index is 0.183. The van der Waals surface area contributed by atoms with Gasteiger partial charge in [-0.1, -0.05) is 12.2 Å². The largest absolute Gasteiger partial charge is 0.416 e. The second-order valence-corrected chi connectivity index (χ2v) is 3.03. The maximum atomic E-state index is 12.3. The highest BCUT2D eigenvalue weighted by atomic mass is 35.5. The first-order valence-corrected chi connectivity index (χ1v) is 4.29. The Labute approximate surface area is 89.4 Å². The van der Waals surface area contributed by atoms with E-state index in [1.54, 1.807) is 6.07 Å². The summed E-state index contributed by atoms with van der Waals surface area (Å²) in [5.74, 6) is 0. The minimum atomic E-state index is -4.41. The Hall–Kier alpha value is -1.25. The number of rotatable bonds is 1. The second kappa shape index (κ2) is 4.51. The summed E-state index contributed by atoms with van der Waals surface area (Å²) in [5.41, 5.74) is -0.616. The maximum Gasteiger partial charge on any atom is 0.416 e. The molecule has 0 spiro atoms. The Morgan fingerprint density at radius 1 is 1.53 bits per heavy atom. The summed E-state index contributed by atoms with van der Waals surface area (Å²) in [6.45, 7) is 0. The molecule has 0 heterocycles. The molecule has 6 heteroatoms. The van der Waals surface area contributed by atoms with Crippen LogP contribution >= 0.6 is 11.8 Å². The summed E-state index contributed by atoms with van der Waals surface area (Å²) >= 11 is 5.31. The van der Waals surface area contributed by atoms with Crippen LogP contribution < -0.4 is 4.84 Å². The number of hydrogen-bond donors (Lipinski definition) is 1. The van der Waals surface area contributed by atoms with Crippen molar-refractivity contribution in [3.05, 3.63) is 35.5 Å². The van der Waals surface area contributed by atoms with Crippen LogP contribution in [0.2, 0.25) is 0 Å². The van der Waals surface area contributed by atoms with Gasteiger partial charge in [0.2, 0.25) is 0 Å². The van der Waals surface area contributed by atoms with Crippen LogP contribution in [0.15, 0.2) is 35.5 Å². The third-order valence-electron chi connectivity index (χ3n) is 1.83. The zero-order chi connectivity index (χ0) is 11.5. The van der Waals surface area contributed by atoms with Crippen LogP contribution in [0.1, 0.15) is 0 Å². The van der Waals surface area contributed by atoms with Crippen molar-refractivity contribution in [2.24, 2.45) is 0 Å². The van der Waals surface area contributed by atoms with Gasteiger partial charge >= 0.3 is 6.18 Å². The van der Waals surface area contributed by atoms with Crippen LogP contribution in [0.4, 0.5) is 13.2 Å². The second-order valence-electron chi connectivity index (χ2n) is 2.82. The molecule has 1 rings (SSSR count). The first kappa shape index (κ1) is 11.8. The molecule has 1 N–H and O–H groups in total. The van der Waals surface area contributed by atoms with Gasteiger partial charge in [-0.3, -0.25) is 0 Å². The molecule has 80 valence electrons. The van der Waals surface area contributed by atoms with E-state index in [2.05, 4.69) is 4.84 Å². The lowest BCUT2D eigenvalue weighted by Crippen LogP contribution is -2.24. The molecule has 0 saturated heterocycles. The summed E-state index contributed by atoms with van der Waals surface area (Å²) < 4.78 is 36.9. The molecule has 1 aliphatic rings. The summed E-state index contributed by atoms with van der Waals surface area (Å²) in [7, 11) is 0. The van der Waals surface area contributed by atoms with Crippen molar-refractivity contribution < 1.29 is 13.2 Å². The van der Waals surface area contributed by atoms with Gasteiger partial charge in [0.05, 0.1) is 17.7 Å². The third-order valence-corrected chi connectivity index (χ3v) is 2.06. The Morgan fingerprint density at radius 2 is 2.20 bits per heavy atom. The molecule has 0 aromatic carbocycles. The topological polar surface area (TPSA) is 35.8 Å². The minimum Gasteiger partial charge on any atom is -0.222 e. The Balaban J connectivity index is 3.05. The van der Waals surface area contributed by atoms with Crippen molar-refractivity contribution in [1.82, 2.24) is 4.84 Å². The van der Waals surface area contributed by atoms with Gasteiger partial charge in [0.25, 0.3) is 0 Å². The zero-order valence-corrected chi connectivity index (χ0v) is 8.10. The van der Waals surface area contributed by atoms with Gasteiger partial charge < -0.3 is 0 Å². The number of nitrogens with zero attached hydrogens (tertiary/aromatic N) is 1. The van der Waals surface area contributed by atoms with E-state index in [4.69, 9.17) is 17.0 Å². The number of allylic oxidation sites excluding steroid dienone is 3. The first-order chi connectivity index (χ1) is 6.99. The maximum absolute atomic E-state index is 12.3. The smallest absolute Gasteiger partial charge is 0.222 e. The van der Waals surface area contributed by atoms with Gasteiger partial charge in [0, 0.05) is 6.08 Å². The van der Waals surface area contributed by atoms with E-state index < -0.39 is 17.8 Å². The fourth-order valence-electron chi connectivity index (χ4n) is 1.11. The lowest BCUT2D eigenvalue weighted by atomic mass is 9.97. The molecule has 0 aromatic heterocycles. The molecule has 0 bridgehead atoms. The number of hydrogen-bond acceptors (Lipinski definition) is 2. The fraction of sp³-hybridized carbons (Fsp3) is 0.222. The Kier molecular flexibility index (Phi) is 3.56. The predicted molar refractivity (Wildman–Crippen MR) is 49.8 cm³/mol. The molecule has 15 heavy (non-hydrogen) atoms. The summed E-state index contributed by atoms with van der Waals surface area (Å²) in [6, 6.07) is 1.10. The zero-order valence-electron chi connectivity index (χ0n) is 7.35. The molecule has 0 fully saturated rings. The monoisotopic (exact) mass is 234 g/mol. The van der Waals surface area contributed by atoms with E-state index in [1.807, 2.05) is 0 Å². The average molecular weight is 235 g/mol. The van der Waals surface area contributed by atoms with Crippen molar-refractivity contribution in [1.29, 1.82) is 5.26 Å². The number of nitrogens with one attached hydrogen (secondary N) is 1. The van der Waals surface area contributed by atoms with Gasteiger partial charge in [-0.05, 0) is 23.4 Å². The number of alkyl halides is 3. The number of nitriles is 1. The normalized spacial score (nSPS) is 23.8. The van der Waals surface area contributed by atoms with E-state index in [0.29, 0.717) is 0 Å². The lowest BCUT2D eigenvalue weighted by Gasteiger charge is -2.18. The van der Waals surface area contributed by atoms with Crippen LogP contribution in [0.5, 0.6) is 0 Å². The highest BCUT2D eigenvalue weighted by Gasteiger charge is 2.33. The van der Waals surface area contributed by atoms with Crippen molar-refractivity contribution in [3.8, 4) is 6.07 Å². The third kappa shape index (κ3) is 2.85. The van der Waals surface area contributed by atoms with Gasteiger partial charge in [0.1, 0.15) is 0 Å². The molecule has 1 aliphatic carbocycles. The molecule has 0 aliphatic heterocycles. The highest BCUT2D eigenvalue weighted by molar-refractivity contribution is 6.14. The van der Waals surface area contributed by atoms with Crippen LogP contribution in [-0.4, -0.2) is 12.2 Å². The predicted octanol–water partition coefficient (Wildman–Crippen LogP) is 2.61. The van der Waals surface area contributed by atoms with E-state index in [0.717, 1.165) is 18.2 Å². The summed E-state index contributed by atoms with van der Waals surface area (Å²) in [6.07, 6.45) is -0.325.